The number of hydrogen-bond acceptors (Lipinski definition) is 3. The van der Waals surface area contributed by atoms with E-state index in [9.17, 15) is 4.79 Å². The first-order valence-corrected chi connectivity index (χ1v) is 4.55. The molecule has 0 radical (unpaired) electrons. The second kappa shape index (κ2) is 4.38. The van der Waals surface area contributed by atoms with E-state index >= 15 is 0 Å². The third-order valence-electron chi connectivity index (χ3n) is 1.66. The van der Waals surface area contributed by atoms with Gasteiger partial charge in [-0.3, -0.25) is 9.67 Å². The van der Waals surface area contributed by atoms with E-state index in [0.29, 0.717) is 17.9 Å². The highest BCUT2D eigenvalue weighted by Gasteiger charge is 2.05. The zero-order chi connectivity index (χ0) is 9.84. The molecule has 1 heterocycles. The van der Waals surface area contributed by atoms with Gasteiger partial charge in [0.1, 0.15) is 0 Å². The quantitative estimate of drug-likeness (QED) is 0.707. The summed E-state index contributed by atoms with van der Waals surface area (Å²) in [5.74, 6) is 0. The number of nitrogens with zero attached hydrogens (tertiary/aromatic N) is 1. The molecule has 0 aliphatic carbocycles. The van der Waals surface area contributed by atoms with Crippen LogP contribution < -0.4 is 5.69 Å². The molecule has 1 aromatic heterocycles. The molecule has 0 saturated carbocycles. The molecular weight excluding hydrogens is 190 g/mol. The van der Waals surface area contributed by atoms with E-state index < -0.39 is 0 Å². The number of aromatic nitrogens is 3. The predicted octanol–water partition coefficient (Wildman–Crippen LogP) is 0.659. The third kappa shape index (κ3) is 2.53. The number of nitrogens with one attached hydrogen (secondary N) is 2. The maximum Gasteiger partial charge on any atom is 0.342 e. The molecule has 6 heteroatoms. The van der Waals surface area contributed by atoms with E-state index in [1.165, 1.54) is 4.57 Å². The van der Waals surface area contributed by atoms with E-state index in [4.69, 9.17) is 17.0 Å². The minimum absolute atomic E-state index is 0.00593. The summed E-state index contributed by atoms with van der Waals surface area (Å²) in [4.78, 5) is 11.1. The molecule has 0 saturated heterocycles. The van der Waals surface area contributed by atoms with Gasteiger partial charge in [0.15, 0.2) is 4.77 Å². The van der Waals surface area contributed by atoms with Crippen LogP contribution in [0.1, 0.15) is 13.8 Å². The van der Waals surface area contributed by atoms with Crippen LogP contribution in [0.5, 0.6) is 0 Å². The average Bonchev–Trinajstić information content (AvgIpc) is 2.36. The summed E-state index contributed by atoms with van der Waals surface area (Å²) in [5, 5.41) is 4.98. The first-order chi connectivity index (χ1) is 6.15. The standard InChI is InChI=1S/C7H13N3O2S/c1-3-12-5(2)4-10-6(11)8-9-7(10)13/h5H,3-4H2,1-2H3,(H,8,11)(H,9,13). The van der Waals surface area contributed by atoms with Crippen LogP contribution in [0.4, 0.5) is 0 Å². The van der Waals surface area contributed by atoms with Gasteiger partial charge < -0.3 is 4.74 Å². The Kier molecular flexibility index (Phi) is 3.44. The van der Waals surface area contributed by atoms with Crippen molar-refractivity contribution in [2.24, 2.45) is 0 Å². The second-order valence-corrected chi connectivity index (χ2v) is 3.12. The molecule has 2 N–H and O–H groups in total. The lowest BCUT2D eigenvalue weighted by Crippen LogP contribution is -2.24. The van der Waals surface area contributed by atoms with Crippen LogP contribution >= 0.6 is 12.2 Å². The lowest BCUT2D eigenvalue weighted by Gasteiger charge is -2.10. The van der Waals surface area contributed by atoms with E-state index in [0.717, 1.165) is 0 Å². The molecule has 0 aliphatic heterocycles. The minimum atomic E-state index is -0.225. The van der Waals surface area contributed by atoms with Crippen molar-refractivity contribution < 1.29 is 4.74 Å². The molecule has 5 nitrogen and oxygen atoms in total. The molecule has 0 bridgehead atoms. The van der Waals surface area contributed by atoms with E-state index in [2.05, 4.69) is 10.2 Å². The van der Waals surface area contributed by atoms with Gasteiger partial charge in [-0.05, 0) is 26.1 Å². The maximum atomic E-state index is 11.1. The van der Waals surface area contributed by atoms with Gasteiger partial charge in [-0.25, -0.2) is 9.89 Å². The smallest absolute Gasteiger partial charge is 0.342 e. The highest BCUT2D eigenvalue weighted by atomic mass is 32.1. The van der Waals surface area contributed by atoms with Crippen LogP contribution in [0, 0.1) is 4.77 Å². The summed E-state index contributed by atoms with van der Waals surface area (Å²) in [5.41, 5.74) is -0.225. The monoisotopic (exact) mass is 203 g/mol. The van der Waals surface area contributed by atoms with Crippen LogP contribution in [0.2, 0.25) is 0 Å². The topological polar surface area (TPSA) is 62.8 Å². The Morgan fingerprint density at radius 2 is 2.31 bits per heavy atom. The summed E-state index contributed by atoms with van der Waals surface area (Å²) in [6, 6.07) is 0. The molecule has 1 atom stereocenters. The molecule has 0 aromatic carbocycles. The van der Waals surface area contributed by atoms with Crippen molar-refractivity contribution in [3.8, 4) is 0 Å². The molecule has 1 rings (SSSR count). The van der Waals surface area contributed by atoms with Crippen LogP contribution in [-0.4, -0.2) is 27.5 Å². The van der Waals surface area contributed by atoms with Gasteiger partial charge in [0, 0.05) is 6.61 Å². The summed E-state index contributed by atoms with van der Waals surface area (Å²) in [6.07, 6.45) is -0.00593. The van der Waals surface area contributed by atoms with Crippen molar-refractivity contribution in [1.29, 1.82) is 0 Å². The third-order valence-corrected chi connectivity index (χ3v) is 1.98. The van der Waals surface area contributed by atoms with Crippen molar-refractivity contribution in [3.05, 3.63) is 15.3 Å². The Hall–Kier alpha value is -0.880. The summed E-state index contributed by atoms with van der Waals surface area (Å²) in [6.45, 7) is 4.93. The summed E-state index contributed by atoms with van der Waals surface area (Å²) < 4.78 is 7.13. The highest BCUT2D eigenvalue weighted by Crippen LogP contribution is 1.94. The Bertz CT molecular complexity index is 337. The SMILES string of the molecule is CCOC(C)Cn1c(=O)[nH][nH]c1=S. The van der Waals surface area contributed by atoms with Gasteiger partial charge in [0.05, 0.1) is 12.6 Å². The predicted molar refractivity (Wildman–Crippen MR) is 51.3 cm³/mol. The molecular formula is C7H13N3O2S. The number of rotatable bonds is 4. The lowest BCUT2D eigenvalue weighted by atomic mass is 10.4. The lowest BCUT2D eigenvalue weighted by molar-refractivity contribution is 0.0630. The first-order valence-electron chi connectivity index (χ1n) is 4.14. The van der Waals surface area contributed by atoms with Crippen LogP contribution in [0.15, 0.2) is 4.79 Å². The molecule has 0 amide bonds. The molecule has 13 heavy (non-hydrogen) atoms. The van der Waals surface area contributed by atoms with Crippen molar-refractivity contribution in [1.82, 2.24) is 14.8 Å². The van der Waals surface area contributed by atoms with Crippen molar-refractivity contribution >= 4 is 12.2 Å². The van der Waals surface area contributed by atoms with Gasteiger partial charge in [0.25, 0.3) is 0 Å². The zero-order valence-electron chi connectivity index (χ0n) is 7.66. The Morgan fingerprint density at radius 3 is 2.77 bits per heavy atom. The number of H-pyrrole nitrogens is 2. The average molecular weight is 203 g/mol. The first kappa shape index (κ1) is 10.2. The minimum Gasteiger partial charge on any atom is -0.377 e. The number of hydrogen-bond donors (Lipinski definition) is 2. The van der Waals surface area contributed by atoms with Crippen molar-refractivity contribution in [3.63, 3.8) is 0 Å². The molecule has 0 aliphatic rings. The van der Waals surface area contributed by atoms with E-state index in [-0.39, 0.29) is 11.8 Å². The second-order valence-electron chi connectivity index (χ2n) is 2.74. The van der Waals surface area contributed by atoms with Crippen LogP contribution in [0.25, 0.3) is 0 Å². The fourth-order valence-electron chi connectivity index (χ4n) is 1.09. The van der Waals surface area contributed by atoms with Crippen molar-refractivity contribution in [2.45, 2.75) is 26.5 Å². The van der Waals surface area contributed by atoms with Gasteiger partial charge in [-0.1, -0.05) is 0 Å². The van der Waals surface area contributed by atoms with Gasteiger partial charge in [-0.15, -0.1) is 0 Å². The van der Waals surface area contributed by atoms with Crippen LogP contribution in [0.3, 0.4) is 0 Å². The summed E-state index contributed by atoms with van der Waals surface area (Å²) >= 11 is 4.90. The molecule has 0 fully saturated rings. The van der Waals surface area contributed by atoms with Gasteiger partial charge in [0.2, 0.25) is 0 Å². The van der Waals surface area contributed by atoms with Crippen molar-refractivity contribution in [2.75, 3.05) is 6.61 Å². The van der Waals surface area contributed by atoms with Gasteiger partial charge in [-0.2, -0.15) is 0 Å². The molecule has 0 spiro atoms. The Morgan fingerprint density at radius 1 is 1.62 bits per heavy atom. The molecule has 74 valence electrons. The van der Waals surface area contributed by atoms with E-state index in [1.54, 1.807) is 0 Å². The fourth-order valence-corrected chi connectivity index (χ4v) is 1.30. The normalized spacial score (nSPS) is 13.1. The molecule has 1 unspecified atom stereocenters. The maximum absolute atomic E-state index is 11.1. The van der Waals surface area contributed by atoms with Gasteiger partial charge >= 0.3 is 5.69 Å². The Labute approximate surface area is 80.7 Å². The fraction of sp³-hybridized carbons (Fsp3) is 0.714. The highest BCUT2D eigenvalue weighted by molar-refractivity contribution is 7.71. The molecule has 1 aromatic rings. The summed E-state index contributed by atoms with van der Waals surface area (Å²) in [7, 11) is 0. The van der Waals surface area contributed by atoms with E-state index in [1.807, 2.05) is 13.8 Å². The number of ether oxygens (including phenoxy) is 1. The largest absolute Gasteiger partial charge is 0.377 e. The van der Waals surface area contributed by atoms with Crippen LogP contribution in [-0.2, 0) is 11.3 Å². The number of aromatic amines is 2. The zero-order valence-corrected chi connectivity index (χ0v) is 8.48. The Balaban J connectivity index is 2.74.